The minimum atomic E-state index is -0.315. The molecule has 1 aliphatic rings. The first-order chi connectivity index (χ1) is 8.14. The molecule has 0 aromatic heterocycles. The summed E-state index contributed by atoms with van der Waals surface area (Å²) in [7, 11) is 0. The fraction of sp³-hybridized carbons (Fsp3) is 0.571. The molecule has 3 nitrogen and oxygen atoms in total. The van der Waals surface area contributed by atoms with E-state index in [1.54, 1.807) is 0 Å². The van der Waals surface area contributed by atoms with E-state index in [0.29, 0.717) is 6.54 Å². The van der Waals surface area contributed by atoms with Gasteiger partial charge in [0.25, 0.3) is 0 Å². The van der Waals surface area contributed by atoms with Crippen molar-refractivity contribution in [2.24, 2.45) is 11.1 Å². The van der Waals surface area contributed by atoms with Crippen LogP contribution in [0.3, 0.4) is 0 Å². The number of rotatable bonds is 3. The van der Waals surface area contributed by atoms with Crippen LogP contribution in [0.2, 0.25) is 0 Å². The SMILES string of the molecule is C[C@]1(CN)CCN(Cc2ccccc2)C[C@H]1O. The van der Waals surface area contributed by atoms with E-state index in [2.05, 4.69) is 36.1 Å². The Morgan fingerprint density at radius 1 is 1.41 bits per heavy atom. The lowest BCUT2D eigenvalue weighted by Gasteiger charge is -2.42. The molecule has 17 heavy (non-hydrogen) atoms. The molecule has 1 aliphatic heterocycles. The summed E-state index contributed by atoms with van der Waals surface area (Å²) >= 11 is 0. The monoisotopic (exact) mass is 234 g/mol. The summed E-state index contributed by atoms with van der Waals surface area (Å²) in [6, 6.07) is 10.4. The van der Waals surface area contributed by atoms with Crippen LogP contribution < -0.4 is 5.73 Å². The Labute approximate surface area is 103 Å². The maximum atomic E-state index is 10.2. The van der Waals surface area contributed by atoms with Crippen molar-refractivity contribution < 1.29 is 5.11 Å². The van der Waals surface area contributed by atoms with E-state index in [-0.39, 0.29) is 11.5 Å². The second kappa shape index (κ2) is 5.17. The Hall–Kier alpha value is -0.900. The third kappa shape index (κ3) is 2.86. The van der Waals surface area contributed by atoms with Crippen LogP contribution in [-0.2, 0) is 6.54 Å². The normalized spacial score (nSPS) is 30.4. The van der Waals surface area contributed by atoms with E-state index in [4.69, 9.17) is 5.73 Å². The van der Waals surface area contributed by atoms with Crippen molar-refractivity contribution in [2.75, 3.05) is 19.6 Å². The fourth-order valence-corrected chi connectivity index (χ4v) is 2.36. The molecule has 0 unspecified atom stereocenters. The topological polar surface area (TPSA) is 49.5 Å². The lowest BCUT2D eigenvalue weighted by molar-refractivity contribution is -0.0329. The molecule has 3 N–H and O–H groups in total. The second-order valence-corrected chi connectivity index (χ2v) is 5.34. The molecule has 1 aromatic carbocycles. The molecule has 0 amide bonds. The van der Waals surface area contributed by atoms with Gasteiger partial charge in [0, 0.05) is 25.0 Å². The van der Waals surface area contributed by atoms with Crippen molar-refractivity contribution >= 4 is 0 Å². The van der Waals surface area contributed by atoms with Gasteiger partial charge >= 0.3 is 0 Å². The summed E-state index contributed by atoms with van der Waals surface area (Å²) in [5.41, 5.74) is 6.95. The number of likely N-dealkylation sites (tertiary alicyclic amines) is 1. The Balaban J connectivity index is 1.94. The molecule has 94 valence electrons. The maximum Gasteiger partial charge on any atom is 0.0733 e. The van der Waals surface area contributed by atoms with Crippen molar-refractivity contribution in [1.82, 2.24) is 4.90 Å². The molecule has 1 fully saturated rings. The van der Waals surface area contributed by atoms with E-state index in [1.165, 1.54) is 5.56 Å². The van der Waals surface area contributed by atoms with Crippen molar-refractivity contribution in [3.8, 4) is 0 Å². The summed E-state index contributed by atoms with van der Waals surface area (Å²) in [6.07, 6.45) is 0.655. The molecular weight excluding hydrogens is 212 g/mol. The lowest BCUT2D eigenvalue weighted by Crippen LogP contribution is -2.52. The van der Waals surface area contributed by atoms with Gasteiger partial charge in [0.2, 0.25) is 0 Å². The number of β-amino-alcohol motifs (C(OH)–C–C–N with tert-alkyl or cyclic N) is 1. The highest BCUT2D eigenvalue weighted by Crippen LogP contribution is 2.30. The van der Waals surface area contributed by atoms with Crippen LogP contribution >= 0.6 is 0 Å². The Kier molecular flexibility index (Phi) is 3.82. The number of piperidine rings is 1. The predicted octanol–water partition coefficient (Wildman–Crippen LogP) is 1.22. The fourth-order valence-electron chi connectivity index (χ4n) is 2.36. The second-order valence-electron chi connectivity index (χ2n) is 5.34. The molecule has 0 spiro atoms. The molecule has 2 rings (SSSR count). The molecule has 0 aliphatic carbocycles. The number of benzene rings is 1. The average molecular weight is 234 g/mol. The van der Waals surface area contributed by atoms with Crippen LogP contribution in [0.25, 0.3) is 0 Å². The highest BCUT2D eigenvalue weighted by molar-refractivity contribution is 5.14. The number of nitrogens with two attached hydrogens (primary N) is 1. The standard InChI is InChI=1S/C14H22N2O/c1-14(11-15)7-8-16(10-13(14)17)9-12-5-3-2-4-6-12/h2-6,13,17H,7-11,15H2,1H3/t13-,14-/m1/s1. The molecule has 0 bridgehead atoms. The summed E-state index contributed by atoms with van der Waals surface area (Å²) in [6.45, 7) is 5.30. The van der Waals surface area contributed by atoms with Gasteiger partial charge in [-0.1, -0.05) is 37.3 Å². The van der Waals surface area contributed by atoms with Crippen LogP contribution in [0.4, 0.5) is 0 Å². The summed E-state index contributed by atoms with van der Waals surface area (Å²) in [4.78, 5) is 2.30. The van der Waals surface area contributed by atoms with Gasteiger partial charge in [-0.25, -0.2) is 0 Å². The third-order valence-corrected chi connectivity index (χ3v) is 3.95. The molecular formula is C14H22N2O. The predicted molar refractivity (Wildman–Crippen MR) is 69.5 cm³/mol. The third-order valence-electron chi connectivity index (χ3n) is 3.95. The van der Waals surface area contributed by atoms with E-state index in [9.17, 15) is 5.11 Å². The average Bonchev–Trinajstić information content (AvgIpc) is 2.35. The lowest BCUT2D eigenvalue weighted by atomic mass is 9.78. The van der Waals surface area contributed by atoms with Gasteiger partial charge in [0.15, 0.2) is 0 Å². The molecule has 1 saturated heterocycles. The Bertz CT molecular complexity index is 354. The summed E-state index contributed by atoms with van der Waals surface area (Å²) < 4.78 is 0. The zero-order valence-electron chi connectivity index (χ0n) is 10.5. The number of nitrogens with zero attached hydrogens (tertiary/aromatic N) is 1. The van der Waals surface area contributed by atoms with Crippen molar-refractivity contribution in [1.29, 1.82) is 0 Å². The van der Waals surface area contributed by atoms with E-state index in [0.717, 1.165) is 26.1 Å². The first-order valence-electron chi connectivity index (χ1n) is 6.28. The van der Waals surface area contributed by atoms with Crippen LogP contribution in [0.5, 0.6) is 0 Å². The van der Waals surface area contributed by atoms with Crippen molar-refractivity contribution in [3.63, 3.8) is 0 Å². The van der Waals surface area contributed by atoms with E-state index < -0.39 is 0 Å². The molecule has 0 saturated carbocycles. The van der Waals surface area contributed by atoms with Gasteiger partial charge in [0.05, 0.1) is 6.10 Å². The molecule has 1 heterocycles. The van der Waals surface area contributed by atoms with Crippen LogP contribution in [0.15, 0.2) is 30.3 Å². The summed E-state index contributed by atoms with van der Waals surface area (Å²) in [5, 5.41) is 10.2. The highest BCUT2D eigenvalue weighted by atomic mass is 16.3. The van der Waals surface area contributed by atoms with Crippen LogP contribution in [0.1, 0.15) is 18.9 Å². The van der Waals surface area contributed by atoms with E-state index in [1.807, 2.05) is 6.07 Å². The van der Waals surface area contributed by atoms with Crippen LogP contribution in [0, 0.1) is 5.41 Å². The molecule has 3 heteroatoms. The molecule has 0 radical (unpaired) electrons. The minimum Gasteiger partial charge on any atom is -0.391 e. The number of hydrogen-bond acceptors (Lipinski definition) is 3. The zero-order chi connectivity index (χ0) is 12.3. The van der Waals surface area contributed by atoms with Gasteiger partial charge in [-0.3, -0.25) is 4.90 Å². The van der Waals surface area contributed by atoms with Gasteiger partial charge < -0.3 is 10.8 Å². The Morgan fingerprint density at radius 3 is 2.71 bits per heavy atom. The van der Waals surface area contributed by atoms with Crippen molar-refractivity contribution in [2.45, 2.75) is 26.0 Å². The summed E-state index contributed by atoms with van der Waals surface area (Å²) in [5.74, 6) is 0. The maximum absolute atomic E-state index is 10.2. The number of aliphatic hydroxyl groups excluding tert-OH is 1. The first kappa shape index (κ1) is 12.6. The molecule has 2 atom stereocenters. The molecule has 1 aromatic rings. The first-order valence-corrected chi connectivity index (χ1v) is 6.28. The zero-order valence-corrected chi connectivity index (χ0v) is 10.5. The number of aliphatic hydroxyl groups is 1. The quantitative estimate of drug-likeness (QED) is 0.826. The smallest absolute Gasteiger partial charge is 0.0733 e. The van der Waals surface area contributed by atoms with Gasteiger partial charge in [-0.05, 0) is 18.5 Å². The highest BCUT2D eigenvalue weighted by Gasteiger charge is 2.36. The van der Waals surface area contributed by atoms with Gasteiger partial charge in [-0.2, -0.15) is 0 Å². The van der Waals surface area contributed by atoms with E-state index >= 15 is 0 Å². The van der Waals surface area contributed by atoms with Crippen molar-refractivity contribution in [3.05, 3.63) is 35.9 Å². The number of hydrogen-bond donors (Lipinski definition) is 2. The van der Waals surface area contributed by atoms with Gasteiger partial charge in [0.1, 0.15) is 0 Å². The minimum absolute atomic E-state index is 0.104. The van der Waals surface area contributed by atoms with Gasteiger partial charge in [-0.15, -0.1) is 0 Å². The Morgan fingerprint density at radius 2 is 2.12 bits per heavy atom. The largest absolute Gasteiger partial charge is 0.391 e. The van der Waals surface area contributed by atoms with Crippen LogP contribution in [-0.4, -0.2) is 35.7 Å².